The first-order valence-electron chi connectivity index (χ1n) is 3.36. The van der Waals surface area contributed by atoms with Gasteiger partial charge in [-0.2, -0.15) is 0 Å². The minimum Gasteiger partial charge on any atom is -0.375 e. The molecule has 3 nitrogen and oxygen atoms in total. The number of hydrogen-bond donors (Lipinski definition) is 1. The van der Waals surface area contributed by atoms with Crippen molar-refractivity contribution in [2.75, 3.05) is 5.73 Å². The Bertz CT molecular complexity index is 267. The van der Waals surface area contributed by atoms with Crippen LogP contribution in [0.5, 0.6) is 0 Å². The number of Topliss-reactive ketones (excluding diaryl/α,β-unsaturated/α-hetero) is 1. The fraction of sp³-hybridized carbons (Fsp3) is 0.429. The standard InChI is InChI=1S/C7H10N2OS/c1-4(2)6(10)5-3-9-7(8)11-5/h3-4H,1-2H3,(H2,8,9). The largest absolute Gasteiger partial charge is 0.375 e. The van der Waals surface area contributed by atoms with Crippen molar-refractivity contribution in [2.45, 2.75) is 13.8 Å². The Morgan fingerprint density at radius 3 is 2.73 bits per heavy atom. The van der Waals surface area contributed by atoms with Gasteiger partial charge in [0, 0.05) is 5.92 Å². The van der Waals surface area contributed by atoms with Gasteiger partial charge in [-0.05, 0) is 0 Å². The molecule has 11 heavy (non-hydrogen) atoms. The molecular weight excluding hydrogens is 160 g/mol. The number of carbonyl (C=O) groups excluding carboxylic acids is 1. The zero-order chi connectivity index (χ0) is 8.43. The van der Waals surface area contributed by atoms with Gasteiger partial charge in [0.2, 0.25) is 0 Å². The highest BCUT2D eigenvalue weighted by Crippen LogP contribution is 2.17. The number of nitrogens with zero attached hydrogens (tertiary/aromatic N) is 1. The first-order valence-corrected chi connectivity index (χ1v) is 4.18. The first-order chi connectivity index (χ1) is 5.11. The summed E-state index contributed by atoms with van der Waals surface area (Å²) in [5, 5.41) is 0.453. The molecule has 0 aromatic carbocycles. The fourth-order valence-electron chi connectivity index (χ4n) is 0.686. The summed E-state index contributed by atoms with van der Waals surface area (Å²) in [5.74, 6) is 0.133. The molecule has 0 saturated carbocycles. The number of nitrogens with two attached hydrogens (primary N) is 1. The van der Waals surface area contributed by atoms with E-state index < -0.39 is 0 Å². The average molecular weight is 170 g/mol. The number of carbonyl (C=O) groups is 1. The van der Waals surface area contributed by atoms with Gasteiger partial charge in [0.1, 0.15) is 0 Å². The molecular formula is C7H10N2OS. The second-order valence-electron chi connectivity index (χ2n) is 2.58. The first kappa shape index (κ1) is 8.20. The van der Waals surface area contributed by atoms with Crippen LogP contribution in [0.4, 0.5) is 5.13 Å². The van der Waals surface area contributed by atoms with E-state index >= 15 is 0 Å². The van der Waals surface area contributed by atoms with E-state index in [1.54, 1.807) is 0 Å². The van der Waals surface area contributed by atoms with Gasteiger partial charge in [0.15, 0.2) is 10.9 Å². The number of aromatic nitrogens is 1. The van der Waals surface area contributed by atoms with E-state index in [9.17, 15) is 4.79 Å². The molecule has 0 amide bonds. The summed E-state index contributed by atoms with van der Waals surface area (Å²) in [5.41, 5.74) is 5.37. The number of ketones is 1. The Kier molecular flexibility index (Phi) is 2.24. The van der Waals surface area contributed by atoms with Gasteiger partial charge in [-0.3, -0.25) is 4.79 Å². The molecule has 0 unspecified atom stereocenters. The van der Waals surface area contributed by atoms with Gasteiger partial charge < -0.3 is 5.73 Å². The van der Waals surface area contributed by atoms with Crippen LogP contribution in [0, 0.1) is 5.92 Å². The molecule has 0 aliphatic rings. The van der Waals surface area contributed by atoms with Crippen molar-refractivity contribution >= 4 is 22.3 Å². The molecule has 0 saturated heterocycles. The highest BCUT2D eigenvalue weighted by atomic mass is 32.1. The van der Waals surface area contributed by atoms with Crippen molar-refractivity contribution in [1.82, 2.24) is 4.98 Å². The molecule has 0 atom stereocenters. The third kappa shape index (κ3) is 1.77. The lowest BCUT2D eigenvalue weighted by atomic mass is 10.1. The van der Waals surface area contributed by atoms with Gasteiger partial charge in [-0.25, -0.2) is 4.98 Å². The SMILES string of the molecule is CC(C)C(=O)c1cnc(N)s1. The quantitative estimate of drug-likeness (QED) is 0.685. The molecule has 0 radical (unpaired) electrons. The second-order valence-corrected chi connectivity index (χ2v) is 3.64. The second kappa shape index (κ2) is 3.00. The van der Waals surface area contributed by atoms with Crippen LogP contribution >= 0.6 is 11.3 Å². The van der Waals surface area contributed by atoms with Crippen LogP contribution in [0.25, 0.3) is 0 Å². The van der Waals surface area contributed by atoms with Gasteiger partial charge in [-0.1, -0.05) is 25.2 Å². The highest BCUT2D eigenvalue weighted by Gasteiger charge is 2.12. The molecule has 0 spiro atoms. The summed E-state index contributed by atoms with van der Waals surface area (Å²) in [7, 11) is 0. The van der Waals surface area contributed by atoms with E-state index in [0.717, 1.165) is 0 Å². The smallest absolute Gasteiger partial charge is 0.180 e. The minimum absolute atomic E-state index is 0.0230. The zero-order valence-electron chi connectivity index (χ0n) is 6.50. The number of thiazole rings is 1. The fourth-order valence-corrected chi connectivity index (χ4v) is 1.46. The maximum atomic E-state index is 11.3. The van der Waals surface area contributed by atoms with Crippen molar-refractivity contribution in [3.63, 3.8) is 0 Å². The van der Waals surface area contributed by atoms with E-state index in [2.05, 4.69) is 4.98 Å². The van der Waals surface area contributed by atoms with E-state index in [4.69, 9.17) is 5.73 Å². The highest BCUT2D eigenvalue weighted by molar-refractivity contribution is 7.17. The van der Waals surface area contributed by atoms with E-state index in [1.165, 1.54) is 17.5 Å². The lowest BCUT2D eigenvalue weighted by molar-refractivity contribution is 0.0943. The Hall–Kier alpha value is -0.900. The molecule has 2 N–H and O–H groups in total. The van der Waals surface area contributed by atoms with Gasteiger partial charge in [0.25, 0.3) is 0 Å². The lowest BCUT2D eigenvalue weighted by Gasteiger charge is -1.97. The van der Waals surface area contributed by atoms with Crippen LogP contribution in [-0.4, -0.2) is 10.8 Å². The summed E-state index contributed by atoms with van der Waals surface area (Å²) < 4.78 is 0. The molecule has 0 aliphatic carbocycles. The van der Waals surface area contributed by atoms with Crippen molar-refractivity contribution in [1.29, 1.82) is 0 Å². The monoisotopic (exact) mass is 170 g/mol. The molecule has 4 heteroatoms. The predicted octanol–water partition coefficient (Wildman–Crippen LogP) is 1.56. The molecule has 0 bridgehead atoms. The summed E-state index contributed by atoms with van der Waals surface area (Å²) in [6.45, 7) is 3.72. The number of nitrogen functional groups attached to an aromatic ring is 1. The van der Waals surface area contributed by atoms with Crippen LogP contribution in [0.1, 0.15) is 23.5 Å². The maximum absolute atomic E-state index is 11.3. The average Bonchev–Trinajstić information content (AvgIpc) is 2.34. The number of rotatable bonds is 2. The molecule has 1 heterocycles. The molecule has 60 valence electrons. The lowest BCUT2D eigenvalue weighted by Crippen LogP contribution is -2.04. The van der Waals surface area contributed by atoms with E-state index in [-0.39, 0.29) is 11.7 Å². The third-order valence-electron chi connectivity index (χ3n) is 1.29. The Morgan fingerprint density at radius 2 is 2.36 bits per heavy atom. The van der Waals surface area contributed by atoms with Crippen LogP contribution in [0.2, 0.25) is 0 Å². The van der Waals surface area contributed by atoms with E-state index in [0.29, 0.717) is 10.0 Å². The summed E-state index contributed by atoms with van der Waals surface area (Å²) in [6, 6.07) is 0. The Labute approximate surface area is 69.3 Å². The van der Waals surface area contributed by atoms with Crippen LogP contribution in [-0.2, 0) is 0 Å². The number of anilines is 1. The van der Waals surface area contributed by atoms with Crippen molar-refractivity contribution < 1.29 is 4.79 Å². The van der Waals surface area contributed by atoms with Gasteiger partial charge in [0.05, 0.1) is 11.1 Å². The van der Waals surface area contributed by atoms with Crippen molar-refractivity contribution in [3.05, 3.63) is 11.1 Å². The van der Waals surface area contributed by atoms with Crippen LogP contribution in [0.3, 0.4) is 0 Å². The van der Waals surface area contributed by atoms with Gasteiger partial charge >= 0.3 is 0 Å². The van der Waals surface area contributed by atoms with Crippen LogP contribution < -0.4 is 5.73 Å². The zero-order valence-corrected chi connectivity index (χ0v) is 7.31. The topological polar surface area (TPSA) is 56.0 Å². The third-order valence-corrected chi connectivity index (χ3v) is 2.13. The normalized spacial score (nSPS) is 10.5. The van der Waals surface area contributed by atoms with Crippen LogP contribution in [0.15, 0.2) is 6.20 Å². The molecule has 1 rings (SSSR count). The minimum atomic E-state index is 0.0230. The van der Waals surface area contributed by atoms with Crippen molar-refractivity contribution in [3.8, 4) is 0 Å². The predicted molar refractivity (Wildman–Crippen MR) is 45.7 cm³/mol. The molecule has 1 aromatic heterocycles. The van der Waals surface area contributed by atoms with Gasteiger partial charge in [-0.15, -0.1) is 0 Å². The van der Waals surface area contributed by atoms with Crippen molar-refractivity contribution in [2.24, 2.45) is 5.92 Å². The molecule has 0 aliphatic heterocycles. The Balaban J connectivity index is 2.85. The summed E-state index contributed by atoms with van der Waals surface area (Å²) in [4.78, 5) is 15.7. The number of hydrogen-bond acceptors (Lipinski definition) is 4. The Morgan fingerprint density at radius 1 is 1.73 bits per heavy atom. The summed E-state index contributed by atoms with van der Waals surface area (Å²) in [6.07, 6.45) is 1.53. The van der Waals surface area contributed by atoms with E-state index in [1.807, 2.05) is 13.8 Å². The molecule has 0 fully saturated rings. The maximum Gasteiger partial charge on any atom is 0.180 e. The summed E-state index contributed by atoms with van der Waals surface area (Å²) >= 11 is 1.24. The molecule has 1 aromatic rings.